The number of aromatic nitrogens is 2. The first kappa shape index (κ1) is 15.1. The van der Waals surface area contributed by atoms with Crippen LogP contribution in [-0.4, -0.2) is 59.5 Å². The largest absolute Gasteiger partial charge is 0.352 e. The molecule has 2 aliphatic rings. The number of nitrogens with zero attached hydrogens (tertiary/aromatic N) is 3. The summed E-state index contributed by atoms with van der Waals surface area (Å²) >= 11 is 0. The van der Waals surface area contributed by atoms with Gasteiger partial charge in [-0.2, -0.15) is 0 Å². The average Bonchev–Trinajstić information content (AvgIpc) is 3.39. The van der Waals surface area contributed by atoms with Crippen LogP contribution in [0.15, 0.2) is 29.1 Å². The number of H-pyrrole nitrogens is 1. The lowest BCUT2D eigenvalue weighted by Gasteiger charge is -2.34. The van der Waals surface area contributed by atoms with E-state index < -0.39 is 0 Å². The van der Waals surface area contributed by atoms with Crippen LogP contribution in [0.3, 0.4) is 0 Å². The summed E-state index contributed by atoms with van der Waals surface area (Å²) in [5.74, 6) is 0.726. The number of para-hydroxylation sites is 1. The van der Waals surface area contributed by atoms with Gasteiger partial charge in [-0.3, -0.25) is 19.5 Å². The zero-order chi connectivity index (χ0) is 16.5. The summed E-state index contributed by atoms with van der Waals surface area (Å²) in [5, 5.41) is 3.63. The van der Waals surface area contributed by atoms with E-state index in [1.807, 2.05) is 18.2 Å². The normalized spacial score (nSPS) is 18.8. The van der Waals surface area contributed by atoms with Crippen molar-refractivity contribution < 1.29 is 4.79 Å². The predicted octanol–water partition coefficient (Wildman–Crippen LogP) is 0.324. The number of rotatable bonds is 4. The van der Waals surface area contributed by atoms with Gasteiger partial charge in [0.25, 0.3) is 5.56 Å². The van der Waals surface area contributed by atoms with Crippen molar-refractivity contribution in [2.75, 3.05) is 37.6 Å². The second kappa shape index (κ2) is 6.24. The van der Waals surface area contributed by atoms with E-state index in [1.54, 1.807) is 6.07 Å². The number of benzene rings is 1. The Labute approximate surface area is 139 Å². The fourth-order valence-electron chi connectivity index (χ4n) is 3.05. The number of hydrogen-bond acceptors (Lipinski definition) is 5. The van der Waals surface area contributed by atoms with Crippen LogP contribution in [0.5, 0.6) is 0 Å². The summed E-state index contributed by atoms with van der Waals surface area (Å²) < 4.78 is 0. The number of aromatic amines is 1. The Morgan fingerprint density at radius 1 is 1.21 bits per heavy atom. The fourth-order valence-corrected chi connectivity index (χ4v) is 3.05. The molecular weight excluding hydrogens is 306 g/mol. The number of carbonyl (C=O) groups is 1. The number of carbonyl (C=O) groups excluding carboxylic acids is 1. The van der Waals surface area contributed by atoms with Gasteiger partial charge in [0.1, 0.15) is 0 Å². The molecule has 2 fully saturated rings. The highest BCUT2D eigenvalue weighted by molar-refractivity contribution is 5.79. The van der Waals surface area contributed by atoms with Crippen molar-refractivity contribution in [3.63, 3.8) is 0 Å². The first-order valence-electron chi connectivity index (χ1n) is 8.45. The first-order chi connectivity index (χ1) is 11.7. The van der Waals surface area contributed by atoms with Crippen molar-refractivity contribution in [2.45, 2.75) is 18.9 Å². The molecule has 2 aromatic rings. The minimum absolute atomic E-state index is 0.109. The molecule has 1 amide bonds. The molecule has 1 aliphatic carbocycles. The molecular formula is C17H21N5O2. The number of piperazine rings is 1. The maximum atomic E-state index is 12.2. The highest BCUT2D eigenvalue weighted by atomic mass is 16.2. The van der Waals surface area contributed by atoms with Crippen molar-refractivity contribution in [2.24, 2.45) is 0 Å². The van der Waals surface area contributed by atoms with Crippen molar-refractivity contribution >= 4 is 22.8 Å². The maximum absolute atomic E-state index is 12.2. The van der Waals surface area contributed by atoms with Gasteiger partial charge in [0.05, 0.1) is 17.4 Å². The van der Waals surface area contributed by atoms with Gasteiger partial charge in [0, 0.05) is 32.2 Å². The molecule has 24 heavy (non-hydrogen) atoms. The Morgan fingerprint density at radius 3 is 2.71 bits per heavy atom. The molecule has 0 atom stereocenters. The van der Waals surface area contributed by atoms with Gasteiger partial charge in [0.2, 0.25) is 11.9 Å². The molecule has 1 saturated carbocycles. The van der Waals surface area contributed by atoms with Gasteiger partial charge in [-0.1, -0.05) is 12.1 Å². The van der Waals surface area contributed by atoms with Crippen molar-refractivity contribution in [1.29, 1.82) is 0 Å². The third-order valence-electron chi connectivity index (χ3n) is 4.58. The highest BCUT2D eigenvalue weighted by Crippen LogP contribution is 2.18. The summed E-state index contributed by atoms with van der Waals surface area (Å²) in [6.07, 6.45) is 2.22. The van der Waals surface area contributed by atoms with Gasteiger partial charge in [-0.15, -0.1) is 0 Å². The SMILES string of the molecule is O=C(CN1CCN(c2nc3ccccc3c(=O)[nH]2)CC1)NC1CC1. The van der Waals surface area contributed by atoms with Crippen molar-refractivity contribution in [1.82, 2.24) is 20.2 Å². The number of anilines is 1. The smallest absolute Gasteiger partial charge is 0.260 e. The highest BCUT2D eigenvalue weighted by Gasteiger charge is 2.25. The molecule has 1 aromatic carbocycles. The molecule has 1 aliphatic heterocycles. The second-order valence-corrected chi connectivity index (χ2v) is 6.51. The molecule has 7 nitrogen and oxygen atoms in total. The van der Waals surface area contributed by atoms with E-state index >= 15 is 0 Å². The Balaban J connectivity index is 1.40. The van der Waals surface area contributed by atoms with Gasteiger partial charge in [-0.05, 0) is 25.0 Å². The summed E-state index contributed by atoms with van der Waals surface area (Å²) in [6.45, 7) is 3.52. The number of amides is 1. The Morgan fingerprint density at radius 2 is 1.96 bits per heavy atom. The molecule has 2 heterocycles. The summed E-state index contributed by atoms with van der Waals surface area (Å²) in [7, 11) is 0. The van der Waals surface area contributed by atoms with Crippen LogP contribution in [0.25, 0.3) is 10.9 Å². The van der Waals surface area contributed by atoms with Crippen LogP contribution in [0.2, 0.25) is 0 Å². The van der Waals surface area contributed by atoms with Crippen molar-refractivity contribution in [3.8, 4) is 0 Å². The Kier molecular flexibility index (Phi) is 3.93. The van der Waals surface area contributed by atoms with E-state index in [-0.39, 0.29) is 11.5 Å². The molecule has 1 aromatic heterocycles. The monoisotopic (exact) mass is 327 g/mol. The lowest BCUT2D eigenvalue weighted by molar-refractivity contribution is -0.122. The van der Waals surface area contributed by atoms with E-state index in [0.29, 0.717) is 29.4 Å². The van der Waals surface area contributed by atoms with Crippen molar-refractivity contribution in [3.05, 3.63) is 34.6 Å². The standard InChI is InChI=1S/C17H21N5O2/c23-15(18-12-5-6-12)11-21-7-9-22(10-8-21)17-19-14-4-2-1-3-13(14)16(24)20-17/h1-4,12H,5-11H2,(H,18,23)(H,19,20,24). The fraction of sp³-hybridized carbons (Fsp3) is 0.471. The Bertz CT molecular complexity index is 806. The summed E-state index contributed by atoms with van der Waals surface area (Å²) in [6, 6.07) is 7.76. The predicted molar refractivity (Wildman–Crippen MR) is 92.2 cm³/mol. The molecule has 126 valence electrons. The van der Waals surface area contributed by atoms with E-state index in [4.69, 9.17) is 0 Å². The molecule has 4 rings (SSSR count). The number of nitrogens with one attached hydrogen (secondary N) is 2. The van der Waals surface area contributed by atoms with Crippen LogP contribution in [-0.2, 0) is 4.79 Å². The summed E-state index contributed by atoms with van der Waals surface area (Å²) in [4.78, 5) is 35.7. The molecule has 7 heteroatoms. The molecule has 0 radical (unpaired) electrons. The van der Waals surface area contributed by atoms with E-state index in [9.17, 15) is 9.59 Å². The zero-order valence-electron chi connectivity index (χ0n) is 13.5. The average molecular weight is 327 g/mol. The van der Waals surface area contributed by atoms with Gasteiger partial charge in [-0.25, -0.2) is 4.98 Å². The molecule has 0 spiro atoms. The topological polar surface area (TPSA) is 81.3 Å². The molecule has 2 N–H and O–H groups in total. The van der Waals surface area contributed by atoms with E-state index in [0.717, 1.165) is 39.0 Å². The van der Waals surface area contributed by atoms with Crippen LogP contribution in [0, 0.1) is 0 Å². The third kappa shape index (κ3) is 3.26. The van der Waals surface area contributed by atoms with Gasteiger partial charge < -0.3 is 10.2 Å². The van der Waals surface area contributed by atoms with Crippen LogP contribution in [0.1, 0.15) is 12.8 Å². The molecule has 0 unspecified atom stereocenters. The maximum Gasteiger partial charge on any atom is 0.260 e. The number of hydrogen-bond donors (Lipinski definition) is 2. The Hall–Kier alpha value is -2.41. The zero-order valence-corrected chi connectivity index (χ0v) is 13.5. The lowest BCUT2D eigenvalue weighted by atomic mass is 10.2. The third-order valence-corrected chi connectivity index (χ3v) is 4.58. The van der Waals surface area contributed by atoms with Crippen LogP contribution >= 0.6 is 0 Å². The number of fused-ring (bicyclic) bond motifs is 1. The van der Waals surface area contributed by atoms with Gasteiger partial charge >= 0.3 is 0 Å². The molecule has 1 saturated heterocycles. The lowest BCUT2D eigenvalue weighted by Crippen LogP contribution is -2.50. The minimum Gasteiger partial charge on any atom is -0.352 e. The van der Waals surface area contributed by atoms with Crippen LogP contribution in [0.4, 0.5) is 5.95 Å². The quantitative estimate of drug-likeness (QED) is 0.845. The van der Waals surface area contributed by atoms with E-state index in [1.165, 1.54) is 0 Å². The van der Waals surface area contributed by atoms with Crippen LogP contribution < -0.4 is 15.8 Å². The first-order valence-corrected chi connectivity index (χ1v) is 8.45. The summed E-state index contributed by atoms with van der Waals surface area (Å²) in [5.41, 5.74) is 0.601. The second-order valence-electron chi connectivity index (χ2n) is 6.51. The van der Waals surface area contributed by atoms with E-state index in [2.05, 4.69) is 25.1 Å². The van der Waals surface area contributed by atoms with Gasteiger partial charge in [0.15, 0.2) is 0 Å². The molecule has 0 bridgehead atoms. The minimum atomic E-state index is -0.109.